The summed E-state index contributed by atoms with van der Waals surface area (Å²) in [7, 11) is 4.16. The fraction of sp³-hybridized carbons (Fsp3) is 0.250. The van der Waals surface area contributed by atoms with Crippen LogP contribution < -0.4 is 10.6 Å². The van der Waals surface area contributed by atoms with Crippen LogP contribution in [0.2, 0.25) is 0 Å². The Kier molecular flexibility index (Phi) is 4.96. The summed E-state index contributed by atoms with van der Waals surface area (Å²) in [5.74, 6) is 0. The number of rotatable bonds is 6. The second kappa shape index (κ2) is 7.32. The van der Waals surface area contributed by atoms with Crippen molar-refractivity contribution in [3.63, 3.8) is 0 Å². The Labute approximate surface area is 143 Å². The third kappa shape index (κ3) is 4.03. The van der Waals surface area contributed by atoms with Crippen molar-refractivity contribution >= 4 is 28.0 Å². The Morgan fingerprint density at radius 3 is 2.58 bits per heavy atom. The number of hydrogen-bond acceptors (Lipinski definition) is 4. The summed E-state index contributed by atoms with van der Waals surface area (Å²) in [6, 6.07) is 18.7. The van der Waals surface area contributed by atoms with Crippen molar-refractivity contribution in [2.75, 3.05) is 37.8 Å². The number of nitrogens with zero attached hydrogens (tertiary/aromatic N) is 2. The highest BCUT2D eigenvalue weighted by Gasteiger charge is 2.04. The van der Waals surface area contributed by atoms with E-state index in [0.717, 1.165) is 46.7 Å². The van der Waals surface area contributed by atoms with Crippen LogP contribution in [0, 0.1) is 6.92 Å². The number of benzene rings is 2. The fourth-order valence-electron chi connectivity index (χ4n) is 2.70. The lowest BCUT2D eigenvalue weighted by Gasteiger charge is -2.14. The second-order valence-electron chi connectivity index (χ2n) is 6.26. The summed E-state index contributed by atoms with van der Waals surface area (Å²) in [5, 5.41) is 8.13. The van der Waals surface area contributed by atoms with Crippen LogP contribution in [-0.2, 0) is 0 Å². The second-order valence-corrected chi connectivity index (χ2v) is 6.26. The van der Waals surface area contributed by atoms with E-state index >= 15 is 0 Å². The van der Waals surface area contributed by atoms with Crippen LogP contribution in [-0.4, -0.2) is 37.1 Å². The number of likely N-dealkylation sites (N-methyl/N-ethyl adjacent to an activating group) is 1. The van der Waals surface area contributed by atoms with Crippen LogP contribution in [0.5, 0.6) is 0 Å². The molecule has 3 aromatic rings. The molecule has 4 nitrogen and oxygen atoms in total. The molecule has 0 radical (unpaired) electrons. The smallest absolute Gasteiger partial charge is 0.0726 e. The summed E-state index contributed by atoms with van der Waals surface area (Å²) >= 11 is 0. The average Bonchev–Trinajstić information content (AvgIpc) is 2.55. The molecular weight excluding hydrogens is 296 g/mol. The van der Waals surface area contributed by atoms with Gasteiger partial charge in [0.1, 0.15) is 0 Å². The van der Waals surface area contributed by atoms with E-state index in [0.29, 0.717) is 0 Å². The monoisotopic (exact) mass is 320 g/mol. The fourth-order valence-corrected chi connectivity index (χ4v) is 2.70. The molecule has 0 amide bonds. The van der Waals surface area contributed by atoms with Crippen molar-refractivity contribution in [2.24, 2.45) is 0 Å². The third-order valence-corrected chi connectivity index (χ3v) is 3.87. The lowest BCUT2D eigenvalue weighted by Crippen LogP contribution is -2.20. The van der Waals surface area contributed by atoms with Crippen LogP contribution in [0.3, 0.4) is 0 Å². The molecule has 1 heterocycles. The Balaban J connectivity index is 1.81. The maximum absolute atomic E-state index is 4.60. The highest BCUT2D eigenvalue weighted by atomic mass is 15.1. The van der Waals surface area contributed by atoms with Gasteiger partial charge in [-0.05, 0) is 51.4 Å². The van der Waals surface area contributed by atoms with Gasteiger partial charge >= 0.3 is 0 Å². The Bertz CT molecular complexity index is 827. The minimum absolute atomic E-state index is 0.924. The molecule has 0 fully saturated rings. The van der Waals surface area contributed by atoms with Crippen molar-refractivity contribution < 1.29 is 0 Å². The number of nitrogens with one attached hydrogen (secondary N) is 2. The molecule has 1 aromatic heterocycles. The molecule has 0 spiro atoms. The molecule has 0 saturated carbocycles. The van der Waals surface area contributed by atoms with Gasteiger partial charge in [-0.25, -0.2) is 0 Å². The molecule has 124 valence electrons. The first-order chi connectivity index (χ1) is 11.6. The molecule has 3 rings (SSSR count). The predicted octanol–water partition coefficient (Wildman–Crippen LogP) is 4.26. The van der Waals surface area contributed by atoms with Gasteiger partial charge in [-0.3, -0.25) is 4.98 Å². The van der Waals surface area contributed by atoms with Crippen molar-refractivity contribution in [1.82, 2.24) is 9.88 Å². The summed E-state index contributed by atoms with van der Waals surface area (Å²) in [4.78, 5) is 6.76. The highest BCUT2D eigenvalue weighted by molar-refractivity contribution is 5.93. The molecule has 0 unspecified atom stereocenters. The number of pyridine rings is 1. The number of aryl methyl sites for hydroxylation is 1. The number of anilines is 3. The van der Waals surface area contributed by atoms with Crippen LogP contribution in [0.25, 0.3) is 10.9 Å². The van der Waals surface area contributed by atoms with Crippen LogP contribution in [0.4, 0.5) is 17.1 Å². The van der Waals surface area contributed by atoms with E-state index in [1.165, 1.54) is 0 Å². The van der Waals surface area contributed by atoms with Crippen molar-refractivity contribution in [1.29, 1.82) is 0 Å². The summed E-state index contributed by atoms with van der Waals surface area (Å²) in [6.07, 6.45) is 0. The maximum atomic E-state index is 4.60. The SMILES string of the molecule is Cc1cc(Nc2cccc(NCCN(C)C)c2)c2ccccc2n1. The van der Waals surface area contributed by atoms with Gasteiger partial charge in [0.15, 0.2) is 0 Å². The van der Waals surface area contributed by atoms with E-state index in [-0.39, 0.29) is 0 Å². The molecule has 0 aliphatic carbocycles. The largest absolute Gasteiger partial charge is 0.384 e. The van der Waals surface area contributed by atoms with Crippen molar-refractivity contribution in [3.8, 4) is 0 Å². The van der Waals surface area contributed by atoms with Gasteiger partial charge in [0.05, 0.1) is 5.52 Å². The summed E-state index contributed by atoms with van der Waals surface area (Å²) in [6.45, 7) is 3.95. The van der Waals surface area contributed by atoms with E-state index in [9.17, 15) is 0 Å². The predicted molar refractivity (Wildman–Crippen MR) is 103 cm³/mol. The van der Waals surface area contributed by atoms with E-state index in [1.54, 1.807) is 0 Å². The van der Waals surface area contributed by atoms with Gasteiger partial charge in [-0.1, -0.05) is 24.3 Å². The number of hydrogen-bond donors (Lipinski definition) is 2. The van der Waals surface area contributed by atoms with Crippen molar-refractivity contribution in [3.05, 3.63) is 60.3 Å². The molecule has 4 heteroatoms. The average molecular weight is 320 g/mol. The van der Waals surface area contributed by atoms with Crippen LogP contribution >= 0.6 is 0 Å². The Hall–Kier alpha value is -2.59. The molecule has 0 bridgehead atoms. The molecule has 2 aromatic carbocycles. The minimum atomic E-state index is 0.924. The maximum Gasteiger partial charge on any atom is 0.0726 e. The van der Waals surface area contributed by atoms with Gasteiger partial charge in [-0.15, -0.1) is 0 Å². The van der Waals surface area contributed by atoms with Crippen molar-refractivity contribution in [2.45, 2.75) is 6.92 Å². The van der Waals surface area contributed by atoms with Gasteiger partial charge in [0, 0.05) is 41.2 Å². The van der Waals surface area contributed by atoms with E-state index < -0.39 is 0 Å². The standard InChI is InChI=1S/C20H24N4/c1-15-13-20(18-9-4-5-10-19(18)22-15)23-17-8-6-7-16(14-17)21-11-12-24(2)3/h4-10,13-14,21H,11-12H2,1-3H3,(H,22,23). The lowest BCUT2D eigenvalue weighted by molar-refractivity contribution is 0.425. The zero-order chi connectivity index (χ0) is 16.9. The summed E-state index contributed by atoms with van der Waals surface area (Å²) < 4.78 is 0. The van der Waals surface area contributed by atoms with Gasteiger partial charge in [0.2, 0.25) is 0 Å². The topological polar surface area (TPSA) is 40.2 Å². The first-order valence-electron chi connectivity index (χ1n) is 8.24. The molecule has 0 saturated heterocycles. The molecule has 0 aliphatic heterocycles. The lowest BCUT2D eigenvalue weighted by atomic mass is 10.1. The molecule has 2 N–H and O–H groups in total. The van der Waals surface area contributed by atoms with E-state index in [1.807, 2.05) is 25.1 Å². The quantitative estimate of drug-likeness (QED) is 0.712. The first kappa shape index (κ1) is 16.3. The zero-order valence-electron chi connectivity index (χ0n) is 14.5. The van der Waals surface area contributed by atoms with Crippen LogP contribution in [0.1, 0.15) is 5.69 Å². The number of fused-ring (bicyclic) bond motifs is 1. The van der Waals surface area contributed by atoms with E-state index in [2.05, 4.69) is 71.0 Å². The molecule has 0 atom stereocenters. The summed E-state index contributed by atoms with van der Waals surface area (Å²) in [5.41, 5.74) is 5.30. The number of aromatic nitrogens is 1. The van der Waals surface area contributed by atoms with E-state index in [4.69, 9.17) is 0 Å². The zero-order valence-corrected chi connectivity index (χ0v) is 14.5. The van der Waals surface area contributed by atoms with Gasteiger partial charge in [0.25, 0.3) is 0 Å². The molecule has 24 heavy (non-hydrogen) atoms. The van der Waals surface area contributed by atoms with Gasteiger partial charge < -0.3 is 15.5 Å². The first-order valence-corrected chi connectivity index (χ1v) is 8.24. The van der Waals surface area contributed by atoms with Gasteiger partial charge in [-0.2, -0.15) is 0 Å². The normalized spacial score (nSPS) is 11.0. The highest BCUT2D eigenvalue weighted by Crippen LogP contribution is 2.27. The Morgan fingerprint density at radius 2 is 1.75 bits per heavy atom. The number of para-hydroxylation sites is 1. The van der Waals surface area contributed by atoms with Crippen LogP contribution in [0.15, 0.2) is 54.6 Å². The molecule has 0 aliphatic rings. The third-order valence-electron chi connectivity index (χ3n) is 3.87. The molecular formula is C20H24N4. The Morgan fingerprint density at radius 1 is 0.958 bits per heavy atom. The minimum Gasteiger partial charge on any atom is -0.384 e.